The molecule has 3 aromatic rings. The zero-order valence-electron chi connectivity index (χ0n) is 17.3. The minimum Gasteiger partial charge on any atom is -0.496 e. The predicted molar refractivity (Wildman–Crippen MR) is 121 cm³/mol. The molecule has 5 rings (SSSR count). The summed E-state index contributed by atoms with van der Waals surface area (Å²) < 4.78 is 11.8. The summed E-state index contributed by atoms with van der Waals surface area (Å²) >= 11 is 0. The molecule has 3 nitrogen and oxygen atoms in total. The van der Waals surface area contributed by atoms with Crippen LogP contribution >= 0.6 is 0 Å². The smallest absolute Gasteiger partial charge is 0.124 e. The lowest BCUT2D eigenvalue weighted by Gasteiger charge is -2.38. The summed E-state index contributed by atoms with van der Waals surface area (Å²) in [7, 11) is 1.75. The highest BCUT2D eigenvalue weighted by molar-refractivity contribution is 5.62. The van der Waals surface area contributed by atoms with Crippen LogP contribution in [0.25, 0.3) is 0 Å². The molecule has 0 fully saturated rings. The molecular formula is C27H27NO2. The molecular weight excluding hydrogens is 370 g/mol. The number of para-hydroxylation sites is 1. The van der Waals surface area contributed by atoms with Crippen LogP contribution in [0, 0.1) is 5.92 Å². The number of anilines is 1. The molecule has 152 valence electrons. The van der Waals surface area contributed by atoms with Crippen molar-refractivity contribution in [3.63, 3.8) is 0 Å². The highest BCUT2D eigenvalue weighted by Gasteiger charge is 2.39. The SMILES string of the molecule is COc1ccccc1C1Nc2ccc(OCCc3ccccc3)cc2C2C=CCC21. The molecule has 3 unspecified atom stereocenters. The van der Waals surface area contributed by atoms with Crippen molar-refractivity contribution in [3.8, 4) is 11.5 Å². The van der Waals surface area contributed by atoms with Gasteiger partial charge in [0.1, 0.15) is 11.5 Å². The van der Waals surface area contributed by atoms with Gasteiger partial charge in [0, 0.05) is 23.6 Å². The quantitative estimate of drug-likeness (QED) is 0.507. The molecule has 1 aliphatic carbocycles. The number of methoxy groups -OCH3 is 1. The van der Waals surface area contributed by atoms with Crippen LogP contribution in [0.4, 0.5) is 5.69 Å². The van der Waals surface area contributed by atoms with Crippen LogP contribution in [0.15, 0.2) is 84.9 Å². The van der Waals surface area contributed by atoms with Crippen LogP contribution in [0.3, 0.4) is 0 Å². The van der Waals surface area contributed by atoms with E-state index in [-0.39, 0.29) is 6.04 Å². The third kappa shape index (κ3) is 3.56. The summed E-state index contributed by atoms with van der Waals surface area (Å²) in [6.07, 6.45) is 6.66. The standard InChI is InChI=1S/C27H27NO2/c1-29-26-13-6-5-10-23(26)27-22-12-7-11-21(22)24-18-20(14-15-25(24)28-27)30-17-16-19-8-3-2-4-9-19/h2-11,13-15,18,21-22,27-28H,12,16-17H2,1H3. The van der Waals surface area contributed by atoms with Crippen LogP contribution in [0.2, 0.25) is 0 Å². The molecule has 2 aliphatic rings. The van der Waals surface area contributed by atoms with Crippen molar-refractivity contribution < 1.29 is 9.47 Å². The molecule has 0 radical (unpaired) electrons. The second kappa shape index (κ2) is 8.27. The lowest BCUT2D eigenvalue weighted by molar-refractivity contribution is 0.320. The first-order valence-electron chi connectivity index (χ1n) is 10.7. The molecule has 1 N–H and O–H groups in total. The fourth-order valence-electron chi connectivity index (χ4n) is 4.82. The monoisotopic (exact) mass is 397 g/mol. The maximum Gasteiger partial charge on any atom is 0.124 e. The van der Waals surface area contributed by atoms with Gasteiger partial charge in [-0.2, -0.15) is 0 Å². The summed E-state index contributed by atoms with van der Waals surface area (Å²) in [5.74, 6) is 2.77. The third-order valence-electron chi connectivity index (χ3n) is 6.31. The van der Waals surface area contributed by atoms with Gasteiger partial charge in [0.25, 0.3) is 0 Å². The number of nitrogens with one attached hydrogen (secondary N) is 1. The number of benzene rings is 3. The van der Waals surface area contributed by atoms with E-state index < -0.39 is 0 Å². The van der Waals surface area contributed by atoms with Gasteiger partial charge in [-0.3, -0.25) is 0 Å². The molecule has 0 saturated carbocycles. The van der Waals surface area contributed by atoms with Crippen LogP contribution < -0.4 is 14.8 Å². The summed E-state index contributed by atoms with van der Waals surface area (Å²) in [6.45, 7) is 0.685. The Morgan fingerprint density at radius 3 is 2.63 bits per heavy atom. The van der Waals surface area contributed by atoms with E-state index in [1.807, 2.05) is 18.2 Å². The van der Waals surface area contributed by atoms with E-state index in [1.165, 1.54) is 22.4 Å². The van der Waals surface area contributed by atoms with Crippen LogP contribution in [-0.2, 0) is 6.42 Å². The minimum absolute atomic E-state index is 0.235. The Bertz CT molecular complexity index is 1040. The van der Waals surface area contributed by atoms with Gasteiger partial charge in [-0.1, -0.05) is 60.7 Å². The van der Waals surface area contributed by atoms with Crippen LogP contribution in [0.1, 0.15) is 35.1 Å². The summed E-state index contributed by atoms with van der Waals surface area (Å²) in [5.41, 5.74) is 5.05. The molecule has 0 amide bonds. The average Bonchev–Trinajstić information content (AvgIpc) is 3.30. The average molecular weight is 398 g/mol. The molecule has 1 heterocycles. The topological polar surface area (TPSA) is 30.5 Å². The fourth-order valence-corrected chi connectivity index (χ4v) is 4.82. The summed E-state index contributed by atoms with van der Waals surface area (Å²) in [5, 5.41) is 3.79. The number of hydrogen-bond donors (Lipinski definition) is 1. The van der Waals surface area contributed by atoms with Gasteiger partial charge in [0.05, 0.1) is 19.8 Å². The van der Waals surface area contributed by atoms with Gasteiger partial charge in [0.15, 0.2) is 0 Å². The van der Waals surface area contributed by atoms with E-state index in [2.05, 4.69) is 72.1 Å². The second-order valence-corrected chi connectivity index (χ2v) is 8.05. The first-order valence-corrected chi connectivity index (χ1v) is 10.7. The van der Waals surface area contributed by atoms with Crippen molar-refractivity contribution in [1.29, 1.82) is 0 Å². The molecule has 0 spiro atoms. The lowest BCUT2D eigenvalue weighted by atomic mass is 9.77. The van der Waals surface area contributed by atoms with Crippen molar-refractivity contribution in [2.24, 2.45) is 5.92 Å². The molecule has 0 bridgehead atoms. The normalized spacial score (nSPS) is 21.4. The van der Waals surface area contributed by atoms with Crippen molar-refractivity contribution in [3.05, 3.63) is 102 Å². The zero-order chi connectivity index (χ0) is 20.3. The van der Waals surface area contributed by atoms with Crippen molar-refractivity contribution in [2.45, 2.75) is 24.8 Å². The first kappa shape index (κ1) is 18.8. The number of rotatable bonds is 6. The predicted octanol–water partition coefficient (Wildman–Crippen LogP) is 6.14. The first-order chi connectivity index (χ1) is 14.8. The number of hydrogen-bond acceptors (Lipinski definition) is 3. The van der Waals surface area contributed by atoms with E-state index in [4.69, 9.17) is 9.47 Å². The van der Waals surface area contributed by atoms with Gasteiger partial charge >= 0.3 is 0 Å². The van der Waals surface area contributed by atoms with Gasteiger partial charge in [-0.15, -0.1) is 0 Å². The summed E-state index contributed by atoms with van der Waals surface area (Å²) in [6, 6.07) is 25.5. The lowest BCUT2D eigenvalue weighted by Crippen LogP contribution is -2.29. The molecule has 3 heteroatoms. The Kier molecular flexibility index (Phi) is 5.18. The highest BCUT2D eigenvalue weighted by atomic mass is 16.5. The van der Waals surface area contributed by atoms with E-state index in [0.717, 1.165) is 24.3 Å². The molecule has 1 aliphatic heterocycles. The van der Waals surface area contributed by atoms with Crippen molar-refractivity contribution in [2.75, 3.05) is 19.0 Å². The summed E-state index contributed by atoms with van der Waals surface area (Å²) in [4.78, 5) is 0. The Hall–Kier alpha value is -3.20. The Labute approximate surface area is 178 Å². The van der Waals surface area contributed by atoms with Crippen LogP contribution in [0.5, 0.6) is 11.5 Å². The Morgan fingerprint density at radius 2 is 1.77 bits per heavy atom. The Balaban J connectivity index is 1.37. The van der Waals surface area contributed by atoms with Gasteiger partial charge in [-0.05, 0) is 47.7 Å². The molecule has 3 atom stereocenters. The van der Waals surface area contributed by atoms with Gasteiger partial charge in [0.2, 0.25) is 0 Å². The largest absolute Gasteiger partial charge is 0.496 e. The van der Waals surface area contributed by atoms with E-state index in [9.17, 15) is 0 Å². The van der Waals surface area contributed by atoms with Gasteiger partial charge in [-0.25, -0.2) is 0 Å². The fraction of sp³-hybridized carbons (Fsp3) is 0.259. The Morgan fingerprint density at radius 1 is 0.933 bits per heavy atom. The van der Waals surface area contributed by atoms with Crippen molar-refractivity contribution in [1.82, 2.24) is 0 Å². The second-order valence-electron chi connectivity index (χ2n) is 8.05. The van der Waals surface area contributed by atoms with Gasteiger partial charge < -0.3 is 14.8 Å². The molecule has 0 saturated heterocycles. The van der Waals surface area contributed by atoms with E-state index >= 15 is 0 Å². The number of fused-ring (bicyclic) bond motifs is 3. The van der Waals surface area contributed by atoms with E-state index in [1.54, 1.807) is 7.11 Å². The minimum atomic E-state index is 0.235. The number of ether oxygens (including phenoxy) is 2. The third-order valence-corrected chi connectivity index (χ3v) is 6.31. The molecule has 0 aromatic heterocycles. The highest BCUT2D eigenvalue weighted by Crippen LogP contribution is 2.51. The zero-order valence-corrected chi connectivity index (χ0v) is 17.3. The number of allylic oxidation sites excluding steroid dienone is 2. The maximum atomic E-state index is 6.10. The van der Waals surface area contributed by atoms with E-state index in [0.29, 0.717) is 18.4 Å². The maximum absolute atomic E-state index is 6.10. The molecule has 30 heavy (non-hydrogen) atoms. The van der Waals surface area contributed by atoms with Crippen LogP contribution in [-0.4, -0.2) is 13.7 Å². The van der Waals surface area contributed by atoms with Crippen molar-refractivity contribution >= 4 is 5.69 Å². The molecule has 3 aromatic carbocycles.